The maximum absolute atomic E-state index is 3.48. The summed E-state index contributed by atoms with van der Waals surface area (Å²) in [6.07, 6.45) is 5.17. The Hall–Kier alpha value is -0.800. The van der Waals surface area contributed by atoms with Crippen molar-refractivity contribution >= 4 is 0 Å². The first-order valence-electron chi connectivity index (χ1n) is 4.51. The molecule has 1 unspecified atom stereocenters. The average Bonchev–Trinajstić information content (AvgIpc) is 2.59. The van der Waals surface area contributed by atoms with E-state index in [1.165, 1.54) is 5.56 Å². The molecule has 2 heterocycles. The molecule has 1 aromatic rings. The van der Waals surface area contributed by atoms with E-state index in [0.29, 0.717) is 6.04 Å². The first-order valence-corrected chi connectivity index (χ1v) is 4.51. The van der Waals surface area contributed by atoms with Crippen LogP contribution in [-0.4, -0.2) is 30.7 Å². The molecule has 3 heteroatoms. The summed E-state index contributed by atoms with van der Waals surface area (Å²) >= 11 is 0. The van der Waals surface area contributed by atoms with E-state index < -0.39 is 0 Å². The van der Waals surface area contributed by atoms with Crippen molar-refractivity contribution in [2.75, 3.05) is 19.6 Å². The van der Waals surface area contributed by atoms with E-state index in [9.17, 15) is 0 Å². The van der Waals surface area contributed by atoms with E-state index >= 15 is 0 Å². The van der Waals surface area contributed by atoms with Crippen molar-refractivity contribution in [3.63, 3.8) is 0 Å². The molecule has 0 radical (unpaired) electrons. The van der Waals surface area contributed by atoms with Crippen LogP contribution >= 0.6 is 0 Å². The van der Waals surface area contributed by atoms with Crippen molar-refractivity contribution in [1.82, 2.24) is 15.6 Å². The SMILES string of the molecule is c1cc(CC2CNCCN2)c[nH]1. The quantitative estimate of drug-likeness (QED) is 0.582. The third kappa shape index (κ3) is 1.87. The molecule has 1 atom stereocenters. The molecule has 66 valence electrons. The van der Waals surface area contributed by atoms with Crippen LogP contribution < -0.4 is 10.6 Å². The number of aromatic nitrogens is 1. The van der Waals surface area contributed by atoms with Crippen LogP contribution in [0, 0.1) is 0 Å². The fourth-order valence-electron chi connectivity index (χ4n) is 1.63. The van der Waals surface area contributed by atoms with Gasteiger partial charge in [-0.25, -0.2) is 0 Å². The van der Waals surface area contributed by atoms with Crippen molar-refractivity contribution in [2.45, 2.75) is 12.5 Å². The Morgan fingerprint density at radius 3 is 3.08 bits per heavy atom. The summed E-state index contributed by atoms with van der Waals surface area (Å²) in [4.78, 5) is 3.07. The molecule has 1 saturated heterocycles. The minimum atomic E-state index is 0.606. The van der Waals surface area contributed by atoms with Crippen LogP contribution in [0.2, 0.25) is 0 Å². The van der Waals surface area contributed by atoms with Crippen LogP contribution in [0.3, 0.4) is 0 Å². The van der Waals surface area contributed by atoms with Crippen molar-refractivity contribution in [2.24, 2.45) is 0 Å². The Morgan fingerprint density at radius 1 is 1.42 bits per heavy atom. The van der Waals surface area contributed by atoms with E-state index in [2.05, 4.69) is 27.9 Å². The molecule has 0 bridgehead atoms. The summed E-state index contributed by atoms with van der Waals surface area (Å²) < 4.78 is 0. The number of aromatic amines is 1. The zero-order valence-electron chi connectivity index (χ0n) is 7.14. The van der Waals surface area contributed by atoms with Gasteiger partial charge in [-0.2, -0.15) is 0 Å². The van der Waals surface area contributed by atoms with Gasteiger partial charge in [-0.1, -0.05) is 0 Å². The molecular formula is C9H15N3. The molecular weight excluding hydrogens is 150 g/mol. The molecule has 1 aliphatic rings. The van der Waals surface area contributed by atoms with E-state index in [4.69, 9.17) is 0 Å². The molecule has 3 N–H and O–H groups in total. The van der Waals surface area contributed by atoms with Gasteiger partial charge in [0.25, 0.3) is 0 Å². The number of rotatable bonds is 2. The molecule has 0 amide bonds. The summed E-state index contributed by atoms with van der Waals surface area (Å²) in [6, 6.07) is 2.74. The van der Waals surface area contributed by atoms with Crippen LogP contribution in [0.25, 0.3) is 0 Å². The highest BCUT2D eigenvalue weighted by molar-refractivity contribution is 5.10. The standard InChI is InChI=1S/C9H15N3/c1-2-10-6-8(1)5-9-7-11-3-4-12-9/h1-2,6,9-12H,3-5,7H2. The Morgan fingerprint density at radius 2 is 2.42 bits per heavy atom. The van der Waals surface area contributed by atoms with E-state index in [1.807, 2.05) is 6.20 Å². The van der Waals surface area contributed by atoms with Gasteiger partial charge in [0.05, 0.1) is 0 Å². The van der Waals surface area contributed by atoms with Gasteiger partial charge in [-0.15, -0.1) is 0 Å². The van der Waals surface area contributed by atoms with Crippen molar-refractivity contribution in [3.8, 4) is 0 Å². The molecule has 1 aromatic heterocycles. The highest BCUT2D eigenvalue weighted by atomic mass is 15.0. The van der Waals surface area contributed by atoms with Crippen LogP contribution in [0.1, 0.15) is 5.56 Å². The molecule has 1 fully saturated rings. The molecule has 12 heavy (non-hydrogen) atoms. The van der Waals surface area contributed by atoms with Crippen LogP contribution in [0.4, 0.5) is 0 Å². The van der Waals surface area contributed by atoms with Gasteiger partial charge < -0.3 is 15.6 Å². The zero-order valence-corrected chi connectivity index (χ0v) is 7.14. The molecule has 0 aliphatic carbocycles. The second-order valence-corrected chi connectivity index (χ2v) is 3.28. The first-order chi connectivity index (χ1) is 5.95. The van der Waals surface area contributed by atoms with Crippen molar-refractivity contribution in [3.05, 3.63) is 24.0 Å². The molecule has 0 aromatic carbocycles. The summed E-state index contributed by atoms with van der Waals surface area (Å²) in [5.74, 6) is 0. The zero-order chi connectivity index (χ0) is 8.23. The lowest BCUT2D eigenvalue weighted by Gasteiger charge is -2.23. The van der Waals surface area contributed by atoms with Crippen molar-refractivity contribution in [1.29, 1.82) is 0 Å². The monoisotopic (exact) mass is 165 g/mol. The normalized spacial score (nSPS) is 24.2. The maximum atomic E-state index is 3.48. The van der Waals surface area contributed by atoms with Gasteiger partial charge in [0.1, 0.15) is 0 Å². The second kappa shape index (κ2) is 3.74. The van der Waals surface area contributed by atoms with Gasteiger partial charge in [0, 0.05) is 38.1 Å². The average molecular weight is 165 g/mol. The third-order valence-corrected chi connectivity index (χ3v) is 2.27. The Labute approximate surface area is 72.6 Å². The van der Waals surface area contributed by atoms with Crippen LogP contribution in [-0.2, 0) is 6.42 Å². The number of hydrogen-bond acceptors (Lipinski definition) is 2. The first kappa shape index (κ1) is 7.83. The Balaban J connectivity index is 1.86. The van der Waals surface area contributed by atoms with Crippen LogP contribution in [0.15, 0.2) is 18.5 Å². The third-order valence-electron chi connectivity index (χ3n) is 2.27. The molecule has 0 spiro atoms. The molecule has 1 aliphatic heterocycles. The summed E-state index contributed by atoms with van der Waals surface area (Å²) in [7, 11) is 0. The number of hydrogen-bond donors (Lipinski definition) is 3. The lowest BCUT2D eigenvalue weighted by Crippen LogP contribution is -2.49. The van der Waals surface area contributed by atoms with E-state index in [-0.39, 0.29) is 0 Å². The fourth-order valence-corrected chi connectivity index (χ4v) is 1.63. The van der Waals surface area contributed by atoms with Crippen molar-refractivity contribution < 1.29 is 0 Å². The second-order valence-electron chi connectivity index (χ2n) is 3.28. The largest absolute Gasteiger partial charge is 0.367 e. The lowest BCUT2D eigenvalue weighted by molar-refractivity contribution is 0.417. The minimum absolute atomic E-state index is 0.606. The Bertz CT molecular complexity index is 212. The Kier molecular flexibility index (Phi) is 2.44. The highest BCUT2D eigenvalue weighted by Crippen LogP contribution is 2.02. The molecule has 3 nitrogen and oxygen atoms in total. The summed E-state index contributed by atoms with van der Waals surface area (Å²) in [5, 5.41) is 6.86. The smallest absolute Gasteiger partial charge is 0.0233 e. The van der Waals surface area contributed by atoms with Gasteiger partial charge in [0.2, 0.25) is 0 Å². The van der Waals surface area contributed by atoms with Crippen LogP contribution in [0.5, 0.6) is 0 Å². The highest BCUT2D eigenvalue weighted by Gasteiger charge is 2.11. The fraction of sp³-hybridized carbons (Fsp3) is 0.556. The predicted molar refractivity (Wildman–Crippen MR) is 49.2 cm³/mol. The summed E-state index contributed by atoms with van der Waals surface area (Å²) in [5.41, 5.74) is 1.39. The van der Waals surface area contributed by atoms with Gasteiger partial charge >= 0.3 is 0 Å². The number of H-pyrrole nitrogens is 1. The van der Waals surface area contributed by atoms with Gasteiger partial charge in [0.15, 0.2) is 0 Å². The maximum Gasteiger partial charge on any atom is 0.0233 e. The molecule has 0 saturated carbocycles. The summed E-state index contributed by atoms with van der Waals surface area (Å²) in [6.45, 7) is 3.28. The van der Waals surface area contributed by atoms with Gasteiger partial charge in [-0.05, 0) is 18.1 Å². The molecule has 2 rings (SSSR count). The lowest BCUT2D eigenvalue weighted by atomic mass is 10.1. The predicted octanol–water partition coefficient (Wildman–Crippen LogP) is 0.119. The number of nitrogens with one attached hydrogen (secondary N) is 3. The topological polar surface area (TPSA) is 39.8 Å². The minimum Gasteiger partial charge on any atom is -0.367 e. The van der Waals surface area contributed by atoms with E-state index in [1.54, 1.807) is 0 Å². The van der Waals surface area contributed by atoms with Gasteiger partial charge in [-0.3, -0.25) is 0 Å². The van der Waals surface area contributed by atoms with E-state index in [0.717, 1.165) is 26.1 Å². The number of piperazine rings is 1.